The summed E-state index contributed by atoms with van der Waals surface area (Å²) in [4.78, 5) is 16.2. The van der Waals surface area contributed by atoms with Gasteiger partial charge < -0.3 is 10.6 Å². The molecule has 23 heavy (non-hydrogen) atoms. The average molecular weight is 328 g/mol. The molecule has 0 aromatic heterocycles. The summed E-state index contributed by atoms with van der Waals surface area (Å²) >= 11 is 5.27. The molecule has 0 heterocycles. The first-order valence-corrected chi connectivity index (χ1v) is 7.67. The van der Waals surface area contributed by atoms with Crippen LogP contribution in [0.15, 0.2) is 54.6 Å². The first-order valence-electron chi connectivity index (χ1n) is 7.26. The van der Waals surface area contributed by atoms with Gasteiger partial charge in [0.25, 0.3) is 0 Å². The van der Waals surface area contributed by atoms with E-state index in [1.807, 2.05) is 6.07 Å². The first kappa shape index (κ1) is 18.6. The lowest BCUT2D eigenvalue weighted by Crippen LogP contribution is -2.35. The number of carbonyl (C=O) groups excluding carboxylic acids is 2. The third kappa shape index (κ3) is 8.51. The van der Waals surface area contributed by atoms with Crippen LogP contribution in [0.4, 0.5) is 0 Å². The van der Waals surface area contributed by atoms with Crippen LogP contribution in [0.5, 0.6) is 0 Å². The normalized spacial score (nSPS) is 9.09. The molecule has 0 atom stereocenters. The zero-order valence-corrected chi connectivity index (χ0v) is 13.9. The smallest absolute Gasteiger partial charge is 0.362 e. The Morgan fingerprint density at radius 2 is 1.57 bits per heavy atom. The second-order valence-corrected chi connectivity index (χ2v) is 5.32. The molecule has 0 spiro atoms. The van der Waals surface area contributed by atoms with Gasteiger partial charge in [0.2, 0.25) is 0 Å². The Kier molecular flexibility index (Phi) is 8.98. The number of nitrogens with one attached hydrogen (secondary N) is 2. The van der Waals surface area contributed by atoms with Gasteiger partial charge in [0.15, 0.2) is 5.11 Å². The molecular formula is C18H20N2O2S. The van der Waals surface area contributed by atoms with Gasteiger partial charge in [-0.05, 0) is 36.7 Å². The van der Waals surface area contributed by atoms with Gasteiger partial charge in [0, 0.05) is 13.1 Å². The van der Waals surface area contributed by atoms with Crippen molar-refractivity contribution in [1.82, 2.24) is 10.6 Å². The Morgan fingerprint density at radius 1 is 0.957 bits per heavy atom. The number of rotatable bonds is 5. The van der Waals surface area contributed by atoms with E-state index in [0.29, 0.717) is 5.11 Å². The number of hydrogen-bond donors (Lipinski definition) is 2. The standard InChI is InChI=1S/C17H20N2S.CO2/c1-14-7-9-16(10-8-14)13-19-17(20)18-12-11-15-5-3-2-4-6-15;2-1-3/h2-10H,11-13H2,1H3,(H2,18,19,20);. The predicted molar refractivity (Wildman–Crippen MR) is 93.8 cm³/mol. The molecule has 0 unspecified atom stereocenters. The third-order valence-electron chi connectivity index (χ3n) is 3.12. The van der Waals surface area contributed by atoms with Crippen LogP contribution in [0.25, 0.3) is 0 Å². The first-order chi connectivity index (χ1) is 11.2. The fraction of sp³-hybridized carbons (Fsp3) is 0.222. The predicted octanol–water partition coefficient (Wildman–Crippen LogP) is 2.62. The second kappa shape index (κ2) is 11.1. The van der Waals surface area contributed by atoms with E-state index in [1.54, 1.807) is 0 Å². The van der Waals surface area contributed by atoms with Crippen molar-refractivity contribution in [2.45, 2.75) is 19.9 Å². The van der Waals surface area contributed by atoms with E-state index in [9.17, 15) is 0 Å². The summed E-state index contributed by atoms with van der Waals surface area (Å²) < 4.78 is 0. The molecule has 0 saturated heterocycles. The Bertz CT molecular complexity index is 621. The number of hydrogen-bond acceptors (Lipinski definition) is 3. The van der Waals surface area contributed by atoms with E-state index in [0.717, 1.165) is 19.5 Å². The highest BCUT2D eigenvalue weighted by molar-refractivity contribution is 7.80. The Labute approximate surface area is 141 Å². The highest BCUT2D eigenvalue weighted by Gasteiger charge is 1.97. The van der Waals surface area contributed by atoms with Crippen molar-refractivity contribution in [1.29, 1.82) is 0 Å². The highest BCUT2D eigenvalue weighted by Crippen LogP contribution is 2.02. The quantitative estimate of drug-likeness (QED) is 0.826. The van der Waals surface area contributed by atoms with E-state index < -0.39 is 0 Å². The Balaban J connectivity index is 0.000000816. The summed E-state index contributed by atoms with van der Waals surface area (Å²) in [6.07, 6.45) is 1.23. The van der Waals surface area contributed by atoms with Crippen molar-refractivity contribution >= 4 is 23.5 Å². The minimum absolute atomic E-state index is 0.250. The molecule has 2 aromatic rings. The monoisotopic (exact) mass is 328 g/mol. The van der Waals surface area contributed by atoms with Crippen molar-refractivity contribution in [3.05, 3.63) is 71.3 Å². The van der Waals surface area contributed by atoms with Crippen LogP contribution in [0.2, 0.25) is 0 Å². The Hall–Kier alpha value is -2.49. The molecule has 0 fully saturated rings. The van der Waals surface area contributed by atoms with Crippen LogP contribution in [-0.2, 0) is 22.6 Å². The molecule has 0 bridgehead atoms. The molecule has 0 aliphatic carbocycles. The lowest BCUT2D eigenvalue weighted by Gasteiger charge is -2.10. The van der Waals surface area contributed by atoms with Crippen LogP contribution in [0.1, 0.15) is 16.7 Å². The maximum atomic E-state index is 8.12. The largest absolute Gasteiger partial charge is 0.373 e. The zero-order chi connectivity index (χ0) is 16.9. The minimum atomic E-state index is 0.250. The minimum Gasteiger partial charge on any atom is -0.362 e. The lowest BCUT2D eigenvalue weighted by atomic mass is 10.1. The molecule has 2 N–H and O–H groups in total. The molecule has 120 valence electrons. The lowest BCUT2D eigenvalue weighted by molar-refractivity contribution is -0.191. The molecule has 2 aromatic carbocycles. The molecule has 4 nitrogen and oxygen atoms in total. The summed E-state index contributed by atoms with van der Waals surface area (Å²) in [6.45, 7) is 3.70. The summed E-state index contributed by atoms with van der Waals surface area (Å²) in [7, 11) is 0. The van der Waals surface area contributed by atoms with Gasteiger partial charge in [-0.25, -0.2) is 0 Å². The molecule has 0 amide bonds. The van der Waals surface area contributed by atoms with Crippen molar-refractivity contribution in [2.75, 3.05) is 6.54 Å². The summed E-state index contributed by atoms with van der Waals surface area (Å²) in [5.74, 6) is 0. The van der Waals surface area contributed by atoms with Crippen LogP contribution >= 0.6 is 12.2 Å². The maximum Gasteiger partial charge on any atom is 0.373 e. The van der Waals surface area contributed by atoms with Gasteiger partial charge in [-0.3, -0.25) is 0 Å². The van der Waals surface area contributed by atoms with Crippen molar-refractivity contribution in [3.8, 4) is 0 Å². The van der Waals surface area contributed by atoms with E-state index >= 15 is 0 Å². The van der Waals surface area contributed by atoms with E-state index in [4.69, 9.17) is 21.8 Å². The van der Waals surface area contributed by atoms with Gasteiger partial charge >= 0.3 is 6.15 Å². The van der Waals surface area contributed by atoms with Crippen molar-refractivity contribution < 1.29 is 9.59 Å². The molecule has 0 aliphatic rings. The Morgan fingerprint density at radius 3 is 2.17 bits per heavy atom. The maximum absolute atomic E-state index is 8.12. The summed E-state index contributed by atoms with van der Waals surface area (Å²) in [5, 5.41) is 7.17. The van der Waals surface area contributed by atoms with Gasteiger partial charge in [0.05, 0.1) is 0 Å². The van der Waals surface area contributed by atoms with Gasteiger partial charge in [-0.15, -0.1) is 0 Å². The topological polar surface area (TPSA) is 58.2 Å². The number of aryl methyl sites for hydroxylation is 1. The van der Waals surface area contributed by atoms with Crippen LogP contribution in [0, 0.1) is 6.92 Å². The second-order valence-electron chi connectivity index (χ2n) is 4.91. The molecular weight excluding hydrogens is 308 g/mol. The van der Waals surface area contributed by atoms with E-state index in [1.165, 1.54) is 16.7 Å². The molecule has 5 heteroatoms. The van der Waals surface area contributed by atoms with Gasteiger partial charge in [-0.2, -0.15) is 9.59 Å². The van der Waals surface area contributed by atoms with Crippen molar-refractivity contribution in [3.63, 3.8) is 0 Å². The van der Waals surface area contributed by atoms with E-state index in [2.05, 4.69) is 66.1 Å². The van der Waals surface area contributed by atoms with Crippen LogP contribution in [0.3, 0.4) is 0 Å². The zero-order valence-electron chi connectivity index (χ0n) is 13.0. The van der Waals surface area contributed by atoms with Crippen molar-refractivity contribution in [2.24, 2.45) is 0 Å². The number of thiocarbonyl (C=S) groups is 1. The fourth-order valence-corrected chi connectivity index (χ4v) is 2.09. The van der Waals surface area contributed by atoms with E-state index in [-0.39, 0.29) is 6.15 Å². The molecule has 0 radical (unpaired) electrons. The molecule has 2 rings (SSSR count). The fourth-order valence-electron chi connectivity index (χ4n) is 1.92. The van der Waals surface area contributed by atoms with Gasteiger partial charge in [-0.1, -0.05) is 60.2 Å². The van der Waals surface area contributed by atoms with Gasteiger partial charge in [0.1, 0.15) is 0 Å². The molecule has 0 aliphatic heterocycles. The van der Waals surface area contributed by atoms with Crippen LogP contribution in [-0.4, -0.2) is 17.8 Å². The summed E-state index contributed by atoms with van der Waals surface area (Å²) in [6, 6.07) is 18.9. The molecule has 0 saturated carbocycles. The third-order valence-corrected chi connectivity index (χ3v) is 3.40. The average Bonchev–Trinajstić information content (AvgIpc) is 2.56. The SMILES string of the molecule is Cc1ccc(CNC(=S)NCCc2ccccc2)cc1.O=C=O. The highest BCUT2D eigenvalue weighted by atomic mass is 32.1. The summed E-state index contributed by atoms with van der Waals surface area (Å²) in [5.41, 5.74) is 3.83. The van der Waals surface area contributed by atoms with Crippen LogP contribution < -0.4 is 10.6 Å². The number of benzene rings is 2.